The number of rotatable bonds is 6. The lowest BCUT2D eigenvalue weighted by Gasteiger charge is -2.23. The number of thiophene rings is 1. The predicted molar refractivity (Wildman–Crippen MR) is 110 cm³/mol. The van der Waals surface area contributed by atoms with Gasteiger partial charge in [0.15, 0.2) is 0 Å². The lowest BCUT2D eigenvalue weighted by Crippen LogP contribution is -2.40. The van der Waals surface area contributed by atoms with Crippen molar-refractivity contribution in [3.8, 4) is 0 Å². The average Bonchev–Trinajstić information content (AvgIpc) is 3.41. The Hall–Kier alpha value is -2.25. The fraction of sp³-hybridized carbons (Fsp3) is 0.429. The molecule has 1 fully saturated rings. The maximum Gasteiger partial charge on any atom is 0.261 e. The van der Waals surface area contributed by atoms with Crippen LogP contribution in [0.3, 0.4) is 0 Å². The maximum absolute atomic E-state index is 13.1. The van der Waals surface area contributed by atoms with Gasteiger partial charge in [-0.05, 0) is 63.5 Å². The monoisotopic (exact) mass is 400 g/mol. The van der Waals surface area contributed by atoms with Gasteiger partial charge < -0.3 is 5.32 Å². The van der Waals surface area contributed by atoms with Crippen LogP contribution in [0.15, 0.2) is 30.3 Å². The number of amides is 1. The SMILES string of the molecule is Cc1nn(Cc2ccc(F)cc2)c2sc(C(=O)NC[C@@H](C)N3CCCC3)cc12. The van der Waals surface area contributed by atoms with Crippen LogP contribution in [0.25, 0.3) is 10.2 Å². The van der Waals surface area contributed by atoms with Gasteiger partial charge in [-0.2, -0.15) is 5.10 Å². The second-order valence-electron chi connectivity index (χ2n) is 7.50. The molecule has 7 heteroatoms. The zero-order valence-corrected chi connectivity index (χ0v) is 17.1. The van der Waals surface area contributed by atoms with Crippen molar-refractivity contribution in [1.29, 1.82) is 0 Å². The molecule has 28 heavy (non-hydrogen) atoms. The van der Waals surface area contributed by atoms with Crippen molar-refractivity contribution in [1.82, 2.24) is 20.0 Å². The van der Waals surface area contributed by atoms with Gasteiger partial charge in [-0.3, -0.25) is 14.4 Å². The van der Waals surface area contributed by atoms with Gasteiger partial charge in [-0.1, -0.05) is 12.1 Å². The molecule has 4 rings (SSSR count). The number of hydrogen-bond acceptors (Lipinski definition) is 4. The standard InChI is InChI=1S/C21H25FN4OS/c1-14(25-9-3-4-10-25)12-23-20(27)19-11-18-15(2)24-26(21(18)28-19)13-16-5-7-17(22)8-6-16/h5-8,11,14H,3-4,9-10,12-13H2,1-2H3,(H,23,27)/t14-/m1/s1. The zero-order valence-electron chi connectivity index (χ0n) is 16.2. The molecule has 0 saturated carbocycles. The summed E-state index contributed by atoms with van der Waals surface area (Å²) in [5.41, 5.74) is 1.88. The molecule has 0 aliphatic carbocycles. The Morgan fingerprint density at radius 2 is 2.00 bits per heavy atom. The van der Waals surface area contributed by atoms with E-state index in [-0.39, 0.29) is 11.7 Å². The lowest BCUT2D eigenvalue weighted by molar-refractivity contribution is 0.0944. The first-order chi connectivity index (χ1) is 13.5. The molecule has 1 N–H and O–H groups in total. The van der Waals surface area contributed by atoms with Crippen LogP contribution in [-0.4, -0.2) is 46.3 Å². The van der Waals surface area contributed by atoms with Crippen molar-refractivity contribution in [3.05, 3.63) is 52.3 Å². The quantitative estimate of drug-likeness (QED) is 0.685. The highest BCUT2D eigenvalue weighted by Gasteiger charge is 2.20. The maximum atomic E-state index is 13.1. The summed E-state index contributed by atoms with van der Waals surface area (Å²) in [4.78, 5) is 16.8. The Morgan fingerprint density at radius 1 is 1.29 bits per heavy atom. The van der Waals surface area contributed by atoms with Crippen molar-refractivity contribution in [2.45, 2.75) is 39.3 Å². The van der Waals surface area contributed by atoms with E-state index in [4.69, 9.17) is 0 Å². The molecule has 148 valence electrons. The van der Waals surface area contributed by atoms with Gasteiger partial charge in [0, 0.05) is 18.0 Å². The smallest absolute Gasteiger partial charge is 0.261 e. The van der Waals surface area contributed by atoms with Gasteiger partial charge in [0.05, 0.1) is 17.1 Å². The number of nitrogens with one attached hydrogen (secondary N) is 1. The Balaban J connectivity index is 1.47. The van der Waals surface area contributed by atoms with Gasteiger partial charge in [0.25, 0.3) is 5.91 Å². The van der Waals surface area contributed by atoms with Gasteiger partial charge >= 0.3 is 0 Å². The summed E-state index contributed by atoms with van der Waals surface area (Å²) in [7, 11) is 0. The summed E-state index contributed by atoms with van der Waals surface area (Å²) in [5, 5.41) is 8.67. The van der Waals surface area contributed by atoms with Crippen LogP contribution in [0.5, 0.6) is 0 Å². The van der Waals surface area contributed by atoms with E-state index < -0.39 is 0 Å². The molecule has 3 aromatic rings. The van der Waals surface area contributed by atoms with Crippen molar-refractivity contribution in [2.24, 2.45) is 0 Å². The van der Waals surface area contributed by atoms with Crippen LogP contribution in [0.2, 0.25) is 0 Å². The van der Waals surface area contributed by atoms with E-state index >= 15 is 0 Å². The van der Waals surface area contributed by atoms with E-state index in [2.05, 4.69) is 22.2 Å². The van der Waals surface area contributed by atoms with E-state index in [1.54, 1.807) is 12.1 Å². The average molecular weight is 401 g/mol. The molecule has 3 heterocycles. The highest BCUT2D eigenvalue weighted by atomic mass is 32.1. The van der Waals surface area contributed by atoms with Crippen molar-refractivity contribution in [2.75, 3.05) is 19.6 Å². The van der Waals surface area contributed by atoms with Crippen LogP contribution in [0, 0.1) is 12.7 Å². The number of carbonyl (C=O) groups is 1. The first kappa shape index (κ1) is 19.1. The predicted octanol–water partition coefficient (Wildman–Crippen LogP) is 3.81. The van der Waals surface area contributed by atoms with E-state index in [0.717, 1.165) is 34.6 Å². The molecule has 1 atom stereocenters. The molecule has 1 aliphatic rings. The van der Waals surface area contributed by atoms with Crippen molar-refractivity contribution >= 4 is 27.5 Å². The Bertz CT molecular complexity index is 972. The zero-order chi connectivity index (χ0) is 19.7. The molecule has 1 saturated heterocycles. The van der Waals surface area contributed by atoms with Crippen LogP contribution >= 0.6 is 11.3 Å². The third kappa shape index (κ3) is 3.95. The number of nitrogens with zero attached hydrogens (tertiary/aromatic N) is 3. The highest BCUT2D eigenvalue weighted by molar-refractivity contribution is 7.20. The molecular weight excluding hydrogens is 375 g/mol. The van der Waals surface area contributed by atoms with Gasteiger partial charge in [-0.25, -0.2) is 4.39 Å². The fourth-order valence-electron chi connectivity index (χ4n) is 3.73. The molecule has 1 aromatic carbocycles. The second kappa shape index (κ2) is 8.01. The lowest BCUT2D eigenvalue weighted by atomic mass is 10.2. The van der Waals surface area contributed by atoms with Crippen LogP contribution in [-0.2, 0) is 6.54 Å². The number of aromatic nitrogens is 2. The topological polar surface area (TPSA) is 50.2 Å². The first-order valence-corrected chi connectivity index (χ1v) is 10.6. The summed E-state index contributed by atoms with van der Waals surface area (Å²) in [6.45, 7) is 7.58. The molecule has 0 spiro atoms. The van der Waals surface area contributed by atoms with E-state index in [1.807, 2.05) is 17.7 Å². The minimum Gasteiger partial charge on any atom is -0.350 e. The summed E-state index contributed by atoms with van der Waals surface area (Å²) < 4.78 is 15.0. The molecule has 0 bridgehead atoms. The molecule has 2 aromatic heterocycles. The minimum absolute atomic E-state index is 0.0278. The normalized spacial score (nSPS) is 16.0. The first-order valence-electron chi connectivity index (χ1n) is 9.75. The van der Waals surface area contributed by atoms with E-state index in [1.165, 1.54) is 36.3 Å². The summed E-state index contributed by atoms with van der Waals surface area (Å²) in [5.74, 6) is -0.274. The molecule has 1 aliphatic heterocycles. The van der Waals surface area contributed by atoms with Crippen molar-refractivity contribution < 1.29 is 9.18 Å². The molecular formula is C21H25FN4OS. The Morgan fingerprint density at radius 3 is 2.71 bits per heavy atom. The Labute approximate surface area is 168 Å². The van der Waals surface area contributed by atoms with Crippen LogP contribution in [0.1, 0.15) is 40.7 Å². The van der Waals surface area contributed by atoms with Gasteiger partial charge in [0.2, 0.25) is 0 Å². The summed E-state index contributed by atoms with van der Waals surface area (Å²) in [6, 6.07) is 8.73. The van der Waals surface area contributed by atoms with Gasteiger partial charge in [0.1, 0.15) is 10.6 Å². The number of likely N-dealkylation sites (tertiary alicyclic amines) is 1. The van der Waals surface area contributed by atoms with Crippen molar-refractivity contribution in [3.63, 3.8) is 0 Å². The number of benzene rings is 1. The van der Waals surface area contributed by atoms with E-state index in [0.29, 0.717) is 24.0 Å². The molecule has 5 nitrogen and oxygen atoms in total. The van der Waals surface area contributed by atoms with Crippen LogP contribution < -0.4 is 5.32 Å². The second-order valence-corrected chi connectivity index (χ2v) is 8.53. The summed E-state index contributed by atoms with van der Waals surface area (Å²) in [6.07, 6.45) is 2.50. The third-order valence-corrected chi connectivity index (χ3v) is 6.55. The third-order valence-electron chi connectivity index (χ3n) is 5.40. The van der Waals surface area contributed by atoms with Crippen LogP contribution in [0.4, 0.5) is 4.39 Å². The largest absolute Gasteiger partial charge is 0.350 e. The molecule has 0 radical (unpaired) electrons. The number of halogens is 1. The molecule has 1 amide bonds. The highest BCUT2D eigenvalue weighted by Crippen LogP contribution is 2.29. The summed E-state index contributed by atoms with van der Waals surface area (Å²) >= 11 is 1.46. The number of aryl methyl sites for hydroxylation is 1. The Kier molecular flexibility index (Phi) is 5.46. The van der Waals surface area contributed by atoms with E-state index in [9.17, 15) is 9.18 Å². The number of carbonyl (C=O) groups excluding carboxylic acids is 1. The number of hydrogen-bond donors (Lipinski definition) is 1. The van der Waals surface area contributed by atoms with Gasteiger partial charge in [-0.15, -0.1) is 11.3 Å². The molecule has 0 unspecified atom stereocenters. The number of fused-ring (bicyclic) bond motifs is 1. The fourth-order valence-corrected chi connectivity index (χ4v) is 4.81. The minimum atomic E-state index is -0.246.